The van der Waals surface area contributed by atoms with Crippen molar-refractivity contribution in [2.75, 3.05) is 4.72 Å². The van der Waals surface area contributed by atoms with Crippen LogP contribution in [0.25, 0.3) is 16.7 Å². The molecule has 0 atom stereocenters. The summed E-state index contributed by atoms with van der Waals surface area (Å²) in [7, 11) is -4.12. The number of halogens is 1. The first-order valence-corrected chi connectivity index (χ1v) is 11.6. The van der Waals surface area contributed by atoms with E-state index in [-0.39, 0.29) is 11.6 Å². The Morgan fingerprint density at radius 1 is 1.00 bits per heavy atom. The van der Waals surface area contributed by atoms with Crippen LogP contribution in [0.3, 0.4) is 0 Å². The first kappa shape index (κ1) is 20.8. The normalized spacial score (nSPS) is 11.7. The van der Waals surface area contributed by atoms with Gasteiger partial charge in [0.2, 0.25) is 5.65 Å². The number of rotatable bonds is 6. The van der Waals surface area contributed by atoms with Crippen molar-refractivity contribution in [3.8, 4) is 11.6 Å². The minimum absolute atomic E-state index is 0.211. The fraction of sp³-hybridized carbons (Fsp3) is 0.0870. The summed E-state index contributed by atoms with van der Waals surface area (Å²) < 4.78 is 49.5. The highest BCUT2D eigenvalue weighted by Gasteiger charge is 2.19. The van der Waals surface area contributed by atoms with Crippen LogP contribution < -0.4 is 9.46 Å². The van der Waals surface area contributed by atoms with Crippen molar-refractivity contribution in [1.82, 2.24) is 19.6 Å². The molecule has 0 saturated heterocycles. The van der Waals surface area contributed by atoms with Crippen LogP contribution in [0.5, 0.6) is 11.6 Å². The van der Waals surface area contributed by atoms with E-state index in [0.717, 1.165) is 17.4 Å². The monoisotopic (exact) mass is 463 g/mol. The summed E-state index contributed by atoms with van der Waals surface area (Å²) >= 11 is 0. The van der Waals surface area contributed by atoms with E-state index < -0.39 is 20.7 Å². The molecule has 0 saturated carbocycles. The highest BCUT2D eigenvalue weighted by molar-refractivity contribution is 7.92. The van der Waals surface area contributed by atoms with E-state index in [9.17, 15) is 12.8 Å². The van der Waals surface area contributed by atoms with Crippen molar-refractivity contribution in [3.05, 3.63) is 84.4 Å². The van der Waals surface area contributed by atoms with Crippen LogP contribution in [0, 0.1) is 5.82 Å². The lowest BCUT2D eigenvalue weighted by atomic mass is 10.3. The third kappa shape index (κ3) is 3.85. The zero-order valence-corrected chi connectivity index (χ0v) is 18.3. The maximum Gasteiger partial charge on any atom is 0.266 e. The van der Waals surface area contributed by atoms with Gasteiger partial charge in [-0.25, -0.2) is 17.8 Å². The molecule has 5 rings (SSSR count). The summed E-state index contributed by atoms with van der Waals surface area (Å²) in [6.45, 7) is 1.98. The standard InChI is InChI=1S/C23H18FN5O3S/c1-2-21-26-27-22-23(25-18-11-4-5-12-19(18)29(21)22)32-16-9-7-8-15(14-16)28-33(30,31)20-13-6-3-10-17(20)24/h3-14,28H,2H2,1H3. The molecule has 0 unspecified atom stereocenters. The number of para-hydroxylation sites is 2. The molecule has 8 nitrogen and oxygen atoms in total. The zero-order chi connectivity index (χ0) is 23.0. The molecule has 0 aliphatic rings. The Morgan fingerprint density at radius 2 is 1.79 bits per heavy atom. The van der Waals surface area contributed by atoms with Crippen molar-refractivity contribution < 1.29 is 17.5 Å². The lowest BCUT2D eigenvalue weighted by molar-refractivity contribution is 0.467. The van der Waals surface area contributed by atoms with Crippen molar-refractivity contribution in [3.63, 3.8) is 0 Å². The smallest absolute Gasteiger partial charge is 0.266 e. The number of ether oxygens (including phenoxy) is 1. The van der Waals surface area contributed by atoms with E-state index in [1.807, 2.05) is 35.6 Å². The van der Waals surface area contributed by atoms with E-state index in [4.69, 9.17) is 4.74 Å². The van der Waals surface area contributed by atoms with Gasteiger partial charge in [-0.05, 0) is 36.4 Å². The first-order chi connectivity index (χ1) is 16.0. The molecule has 0 aliphatic carbocycles. The molecule has 2 heterocycles. The molecule has 3 aromatic carbocycles. The zero-order valence-electron chi connectivity index (χ0n) is 17.4. The van der Waals surface area contributed by atoms with Crippen LogP contribution in [-0.4, -0.2) is 28.0 Å². The lowest BCUT2D eigenvalue weighted by Crippen LogP contribution is -2.14. The van der Waals surface area contributed by atoms with E-state index in [2.05, 4.69) is 19.9 Å². The second-order valence-corrected chi connectivity index (χ2v) is 8.85. The molecule has 0 spiro atoms. The molecule has 0 bridgehead atoms. The molecule has 0 amide bonds. The molecule has 33 heavy (non-hydrogen) atoms. The Labute approximate surface area is 188 Å². The Kier molecular flexibility index (Phi) is 5.14. The fourth-order valence-corrected chi connectivity index (χ4v) is 4.65. The maximum absolute atomic E-state index is 14.0. The van der Waals surface area contributed by atoms with E-state index in [1.54, 1.807) is 18.2 Å². The van der Waals surface area contributed by atoms with Crippen LogP contribution in [0.15, 0.2) is 77.7 Å². The van der Waals surface area contributed by atoms with Gasteiger partial charge in [-0.15, -0.1) is 10.2 Å². The largest absolute Gasteiger partial charge is 0.436 e. The topological polar surface area (TPSA) is 98.5 Å². The number of hydrogen-bond donors (Lipinski definition) is 1. The SMILES string of the molecule is CCc1nnc2c(Oc3cccc(NS(=O)(=O)c4ccccc4F)c3)nc3ccccc3n12. The quantitative estimate of drug-likeness (QED) is 0.396. The van der Waals surface area contributed by atoms with Gasteiger partial charge >= 0.3 is 0 Å². The predicted molar refractivity (Wildman–Crippen MR) is 121 cm³/mol. The molecule has 0 radical (unpaired) electrons. The van der Waals surface area contributed by atoms with Crippen molar-refractivity contribution in [1.29, 1.82) is 0 Å². The average molecular weight is 463 g/mol. The molecule has 0 fully saturated rings. The summed E-state index contributed by atoms with van der Waals surface area (Å²) in [5.41, 5.74) is 2.21. The van der Waals surface area contributed by atoms with Crippen molar-refractivity contribution >= 4 is 32.4 Å². The van der Waals surface area contributed by atoms with Gasteiger partial charge in [0, 0.05) is 12.5 Å². The third-order valence-electron chi connectivity index (χ3n) is 5.01. The van der Waals surface area contributed by atoms with Crippen LogP contribution in [0.1, 0.15) is 12.7 Å². The van der Waals surface area contributed by atoms with Gasteiger partial charge in [0.25, 0.3) is 15.9 Å². The van der Waals surface area contributed by atoms with E-state index >= 15 is 0 Å². The van der Waals surface area contributed by atoms with Gasteiger partial charge < -0.3 is 4.74 Å². The summed E-state index contributed by atoms with van der Waals surface area (Å²) in [6, 6.07) is 19.1. The number of benzene rings is 3. The van der Waals surface area contributed by atoms with Crippen LogP contribution in [0.2, 0.25) is 0 Å². The summed E-state index contributed by atoms with van der Waals surface area (Å²) in [6.07, 6.45) is 0.669. The molecule has 10 heteroatoms. The molecule has 0 aliphatic heterocycles. The Morgan fingerprint density at radius 3 is 2.61 bits per heavy atom. The second kappa shape index (κ2) is 8.14. The highest BCUT2D eigenvalue weighted by atomic mass is 32.2. The lowest BCUT2D eigenvalue weighted by Gasteiger charge is -2.12. The van der Waals surface area contributed by atoms with Gasteiger partial charge in [0.15, 0.2) is 0 Å². The molecule has 5 aromatic rings. The Hall–Kier alpha value is -4.05. The molecule has 166 valence electrons. The number of aryl methyl sites for hydroxylation is 1. The van der Waals surface area contributed by atoms with Gasteiger partial charge in [0.1, 0.15) is 22.3 Å². The summed E-state index contributed by atoms with van der Waals surface area (Å²) in [4.78, 5) is 4.14. The molecule has 1 N–H and O–H groups in total. The van der Waals surface area contributed by atoms with Crippen molar-refractivity contribution in [2.45, 2.75) is 18.2 Å². The number of fused-ring (bicyclic) bond motifs is 3. The van der Waals surface area contributed by atoms with Crippen LogP contribution >= 0.6 is 0 Å². The van der Waals surface area contributed by atoms with Crippen LogP contribution in [-0.2, 0) is 16.4 Å². The minimum atomic E-state index is -4.12. The molecule has 2 aromatic heterocycles. The van der Waals surface area contributed by atoms with Gasteiger partial charge in [-0.1, -0.05) is 37.3 Å². The number of hydrogen-bond acceptors (Lipinski definition) is 6. The fourth-order valence-electron chi connectivity index (χ4n) is 3.52. The van der Waals surface area contributed by atoms with Gasteiger partial charge in [-0.2, -0.15) is 0 Å². The highest BCUT2D eigenvalue weighted by Crippen LogP contribution is 2.29. The summed E-state index contributed by atoms with van der Waals surface area (Å²) in [5, 5.41) is 8.48. The van der Waals surface area contributed by atoms with Crippen LogP contribution in [0.4, 0.5) is 10.1 Å². The number of nitrogens with zero attached hydrogens (tertiary/aromatic N) is 4. The first-order valence-electron chi connectivity index (χ1n) is 10.1. The number of anilines is 1. The number of aromatic nitrogens is 4. The minimum Gasteiger partial charge on any atom is -0.436 e. The molecular weight excluding hydrogens is 445 g/mol. The molecular formula is C23H18FN5O3S. The number of sulfonamides is 1. The predicted octanol–water partition coefficient (Wildman–Crippen LogP) is 4.57. The Bertz CT molecular complexity index is 1600. The third-order valence-corrected chi connectivity index (χ3v) is 6.42. The Balaban J connectivity index is 1.52. The van der Waals surface area contributed by atoms with Gasteiger partial charge in [0.05, 0.1) is 16.7 Å². The van der Waals surface area contributed by atoms with Gasteiger partial charge in [-0.3, -0.25) is 9.12 Å². The van der Waals surface area contributed by atoms with E-state index in [0.29, 0.717) is 23.3 Å². The van der Waals surface area contributed by atoms with E-state index in [1.165, 1.54) is 24.3 Å². The average Bonchev–Trinajstić information content (AvgIpc) is 3.24. The maximum atomic E-state index is 14.0. The number of nitrogens with one attached hydrogen (secondary N) is 1. The summed E-state index contributed by atoms with van der Waals surface area (Å²) in [5.74, 6) is 0.489. The second-order valence-electron chi connectivity index (χ2n) is 7.20. The van der Waals surface area contributed by atoms with Crippen molar-refractivity contribution in [2.24, 2.45) is 0 Å².